The minimum Gasteiger partial charge on any atom is -0.393 e. The molecule has 0 heterocycles. The molecule has 1 aliphatic rings. The fourth-order valence-electron chi connectivity index (χ4n) is 2.24. The van der Waals surface area contributed by atoms with Crippen LogP contribution in [0, 0.1) is 5.41 Å². The van der Waals surface area contributed by atoms with Gasteiger partial charge in [0.2, 0.25) is 0 Å². The van der Waals surface area contributed by atoms with E-state index < -0.39 is 30.0 Å². The molecule has 1 saturated carbocycles. The summed E-state index contributed by atoms with van der Waals surface area (Å²) >= 11 is 0. The highest BCUT2D eigenvalue weighted by molar-refractivity contribution is 4.92. The minimum atomic E-state index is -5.54. The number of halogens is 5. The lowest BCUT2D eigenvalue weighted by atomic mass is 9.69. The number of rotatable bonds is 3. The predicted molar refractivity (Wildman–Crippen MR) is 51.6 cm³/mol. The van der Waals surface area contributed by atoms with Gasteiger partial charge in [0.25, 0.3) is 0 Å². The van der Waals surface area contributed by atoms with E-state index in [1.165, 1.54) is 0 Å². The van der Waals surface area contributed by atoms with Gasteiger partial charge in [-0.05, 0) is 37.6 Å². The smallest absolute Gasteiger partial charge is 0.393 e. The zero-order chi connectivity index (χ0) is 13.3. The van der Waals surface area contributed by atoms with Crippen molar-refractivity contribution < 1.29 is 27.1 Å². The summed E-state index contributed by atoms with van der Waals surface area (Å²) in [5.74, 6) is -4.71. The van der Waals surface area contributed by atoms with Gasteiger partial charge in [0.05, 0.1) is 6.10 Å². The molecule has 3 N–H and O–H groups in total. The van der Waals surface area contributed by atoms with Gasteiger partial charge in [0.15, 0.2) is 0 Å². The molecule has 0 aromatic heterocycles. The molecular formula is C10H16F5NO. The third-order valence-electron chi connectivity index (χ3n) is 3.46. The van der Waals surface area contributed by atoms with Crippen molar-refractivity contribution in [1.82, 2.24) is 0 Å². The first-order valence-corrected chi connectivity index (χ1v) is 5.45. The zero-order valence-corrected chi connectivity index (χ0v) is 9.23. The quantitative estimate of drug-likeness (QED) is 0.766. The van der Waals surface area contributed by atoms with E-state index in [9.17, 15) is 27.1 Å². The molecule has 0 radical (unpaired) electrons. The Morgan fingerprint density at radius 1 is 1.12 bits per heavy atom. The van der Waals surface area contributed by atoms with E-state index in [1.807, 2.05) is 0 Å². The van der Waals surface area contributed by atoms with Crippen molar-refractivity contribution in [3.63, 3.8) is 0 Å². The van der Waals surface area contributed by atoms with Crippen LogP contribution in [0.2, 0.25) is 0 Å². The van der Waals surface area contributed by atoms with Gasteiger partial charge >= 0.3 is 12.1 Å². The standard InChI is InChI=1S/C10H16F5NO/c11-9(12,10(13,14)15)5-8(6-16)3-1-7(17)2-4-8/h7,17H,1-6,16H2. The number of aliphatic hydroxyl groups is 1. The molecule has 1 fully saturated rings. The predicted octanol–water partition coefficient (Wildman–Crippen LogP) is 2.45. The van der Waals surface area contributed by atoms with Crippen LogP contribution in [0.5, 0.6) is 0 Å². The largest absolute Gasteiger partial charge is 0.453 e. The maximum absolute atomic E-state index is 13.0. The van der Waals surface area contributed by atoms with E-state index in [-0.39, 0.29) is 32.2 Å². The Morgan fingerprint density at radius 3 is 1.94 bits per heavy atom. The van der Waals surface area contributed by atoms with Gasteiger partial charge in [-0.2, -0.15) is 22.0 Å². The third-order valence-corrected chi connectivity index (χ3v) is 3.46. The highest BCUT2D eigenvalue weighted by Gasteiger charge is 2.60. The first-order chi connectivity index (χ1) is 7.62. The Balaban J connectivity index is 2.76. The molecule has 1 rings (SSSR count). The highest BCUT2D eigenvalue weighted by atomic mass is 19.4. The maximum Gasteiger partial charge on any atom is 0.453 e. The van der Waals surface area contributed by atoms with Crippen molar-refractivity contribution in [2.45, 2.75) is 50.3 Å². The van der Waals surface area contributed by atoms with Crippen LogP contribution < -0.4 is 5.73 Å². The summed E-state index contributed by atoms with van der Waals surface area (Å²) in [6.07, 6.45) is -6.77. The summed E-state index contributed by atoms with van der Waals surface area (Å²) in [6.45, 7) is -0.217. The normalized spacial score (nSPS) is 31.6. The van der Waals surface area contributed by atoms with Crippen molar-refractivity contribution >= 4 is 0 Å². The molecule has 0 amide bonds. The Hall–Kier alpha value is -0.430. The molecule has 0 spiro atoms. The molecule has 102 valence electrons. The van der Waals surface area contributed by atoms with Gasteiger partial charge in [-0.25, -0.2) is 0 Å². The molecule has 0 bridgehead atoms. The molecule has 0 aromatic carbocycles. The van der Waals surface area contributed by atoms with Crippen LogP contribution in [0.4, 0.5) is 22.0 Å². The summed E-state index contributed by atoms with van der Waals surface area (Å²) in [5, 5.41) is 9.24. The minimum absolute atomic E-state index is 0.107. The second-order valence-electron chi connectivity index (χ2n) is 4.81. The van der Waals surface area contributed by atoms with Crippen molar-refractivity contribution in [2.24, 2.45) is 11.1 Å². The maximum atomic E-state index is 13.0. The molecule has 0 unspecified atom stereocenters. The lowest BCUT2D eigenvalue weighted by Crippen LogP contribution is -2.46. The fraction of sp³-hybridized carbons (Fsp3) is 1.00. The molecule has 1 aliphatic carbocycles. The summed E-state index contributed by atoms with van der Waals surface area (Å²) in [5.41, 5.74) is 4.14. The van der Waals surface area contributed by atoms with Crippen LogP contribution >= 0.6 is 0 Å². The Labute approximate surface area is 96.0 Å². The summed E-state index contributed by atoms with van der Waals surface area (Å²) < 4.78 is 62.4. The number of alkyl halides is 5. The Bertz CT molecular complexity index is 258. The molecule has 7 heteroatoms. The van der Waals surface area contributed by atoms with Crippen LogP contribution in [0.25, 0.3) is 0 Å². The Kier molecular flexibility index (Phi) is 4.03. The number of aliphatic hydroxyl groups excluding tert-OH is 1. The average molecular weight is 261 g/mol. The van der Waals surface area contributed by atoms with Crippen molar-refractivity contribution in [2.75, 3.05) is 6.54 Å². The average Bonchev–Trinajstić information content (AvgIpc) is 2.20. The van der Waals surface area contributed by atoms with E-state index in [1.54, 1.807) is 0 Å². The van der Waals surface area contributed by atoms with Gasteiger partial charge < -0.3 is 10.8 Å². The van der Waals surface area contributed by atoms with Gasteiger partial charge in [-0.1, -0.05) is 0 Å². The first-order valence-electron chi connectivity index (χ1n) is 5.45. The molecule has 0 atom stereocenters. The van der Waals surface area contributed by atoms with Crippen LogP contribution in [-0.2, 0) is 0 Å². The summed E-state index contributed by atoms with van der Waals surface area (Å²) in [7, 11) is 0. The van der Waals surface area contributed by atoms with Gasteiger partial charge in [-0.15, -0.1) is 0 Å². The summed E-state index contributed by atoms with van der Waals surface area (Å²) in [6, 6.07) is 0. The van der Waals surface area contributed by atoms with Crippen molar-refractivity contribution in [3.05, 3.63) is 0 Å². The van der Waals surface area contributed by atoms with Crippen LogP contribution in [0.15, 0.2) is 0 Å². The molecule has 0 aromatic rings. The van der Waals surface area contributed by atoms with Crippen LogP contribution in [-0.4, -0.2) is 29.9 Å². The fourth-order valence-corrected chi connectivity index (χ4v) is 2.24. The molecule has 2 nitrogen and oxygen atoms in total. The summed E-state index contributed by atoms with van der Waals surface area (Å²) in [4.78, 5) is 0. The molecule has 0 saturated heterocycles. The second-order valence-corrected chi connectivity index (χ2v) is 4.81. The topological polar surface area (TPSA) is 46.2 Å². The Morgan fingerprint density at radius 2 is 1.59 bits per heavy atom. The monoisotopic (exact) mass is 261 g/mol. The first kappa shape index (κ1) is 14.6. The van der Waals surface area contributed by atoms with E-state index in [4.69, 9.17) is 5.73 Å². The number of hydrogen-bond acceptors (Lipinski definition) is 2. The zero-order valence-electron chi connectivity index (χ0n) is 9.23. The number of nitrogens with two attached hydrogens (primary N) is 1. The van der Waals surface area contributed by atoms with E-state index in [2.05, 4.69) is 0 Å². The highest BCUT2D eigenvalue weighted by Crippen LogP contribution is 2.48. The van der Waals surface area contributed by atoms with Crippen molar-refractivity contribution in [1.29, 1.82) is 0 Å². The van der Waals surface area contributed by atoms with E-state index >= 15 is 0 Å². The van der Waals surface area contributed by atoms with Crippen LogP contribution in [0.3, 0.4) is 0 Å². The van der Waals surface area contributed by atoms with E-state index in [0.717, 1.165) is 0 Å². The number of hydrogen-bond donors (Lipinski definition) is 2. The van der Waals surface area contributed by atoms with Gasteiger partial charge in [0, 0.05) is 6.42 Å². The van der Waals surface area contributed by atoms with Gasteiger partial charge in [-0.3, -0.25) is 0 Å². The van der Waals surface area contributed by atoms with Crippen LogP contribution in [0.1, 0.15) is 32.1 Å². The lowest BCUT2D eigenvalue weighted by Gasteiger charge is -2.40. The van der Waals surface area contributed by atoms with E-state index in [0.29, 0.717) is 0 Å². The van der Waals surface area contributed by atoms with Gasteiger partial charge in [0.1, 0.15) is 0 Å². The molecule has 0 aliphatic heterocycles. The van der Waals surface area contributed by atoms with Crippen molar-refractivity contribution in [3.8, 4) is 0 Å². The molecular weight excluding hydrogens is 245 g/mol. The second kappa shape index (κ2) is 4.68. The lowest BCUT2D eigenvalue weighted by molar-refractivity contribution is -0.294. The molecule has 17 heavy (non-hydrogen) atoms. The SMILES string of the molecule is NCC1(CC(F)(F)C(F)(F)F)CCC(O)CC1. The third kappa shape index (κ3) is 3.28.